The Labute approximate surface area is 166 Å². The minimum absolute atomic E-state index is 0.0952. The molecule has 0 amide bonds. The lowest BCUT2D eigenvalue weighted by molar-refractivity contribution is -0.139. The van der Waals surface area contributed by atoms with Gasteiger partial charge < -0.3 is 20.1 Å². The largest absolute Gasteiger partial charge is 0.490 e. The Hall–Kier alpha value is -2.31. The van der Waals surface area contributed by atoms with Gasteiger partial charge in [0.2, 0.25) is 0 Å². The van der Waals surface area contributed by atoms with Crippen molar-refractivity contribution in [2.75, 3.05) is 0 Å². The van der Waals surface area contributed by atoms with Crippen LogP contribution in [0.25, 0.3) is 10.9 Å². The molecular formula is C21H23BrN2O3. The maximum atomic E-state index is 11.7. The predicted octanol–water partition coefficient (Wildman–Crippen LogP) is 4.50. The number of carboxylic acid groups (broad SMARTS) is 1. The van der Waals surface area contributed by atoms with E-state index < -0.39 is 12.0 Å². The normalized spacial score (nSPS) is 12.4. The van der Waals surface area contributed by atoms with Crippen LogP contribution in [0.4, 0.5) is 0 Å². The van der Waals surface area contributed by atoms with E-state index in [1.54, 1.807) is 0 Å². The van der Waals surface area contributed by atoms with E-state index in [2.05, 4.69) is 26.2 Å². The molecule has 3 aromatic rings. The topological polar surface area (TPSA) is 74.3 Å². The van der Waals surface area contributed by atoms with Gasteiger partial charge in [-0.1, -0.05) is 24.3 Å². The summed E-state index contributed by atoms with van der Waals surface area (Å²) in [7, 11) is 0. The van der Waals surface area contributed by atoms with Crippen molar-refractivity contribution in [3.8, 4) is 5.75 Å². The number of ether oxygens (including phenoxy) is 1. The number of carboxylic acids is 1. The molecule has 3 N–H and O–H groups in total. The number of hydrogen-bond donors (Lipinski definition) is 3. The van der Waals surface area contributed by atoms with Crippen LogP contribution in [0.5, 0.6) is 5.75 Å². The average Bonchev–Trinajstić information content (AvgIpc) is 3.03. The van der Waals surface area contributed by atoms with E-state index >= 15 is 0 Å². The standard InChI is InChI=1S/C21H23BrN2O3/c1-13(2)27-20-8-7-14(9-17(20)22)11-23-19(21(25)26)10-15-12-24-18-6-4-3-5-16(15)18/h3-9,12-13,19,23-24H,10-11H2,1-2H3,(H,25,26)/t19-/m0/s1. The Morgan fingerprint density at radius 3 is 2.74 bits per heavy atom. The summed E-state index contributed by atoms with van der Waals surface area (Å²) in [6.45, 7) is 4.41. The molecule has 0 saturated carbocycles. The fourth-order valence-corrected chi connectivity index (χ4v) is 3.53. The van der Waals surface area contributed by atoms with E-state index in [1.165, 1.54) is 0 Å². The molecule has 5 nitrogen and oxygen atoms in total. The van der Waals surface area contributed by atoms with Gasteiger partial charge in [0.05, 0.1) is 10.6 Å². The first-order valence-corrected chi connectivity index (χ1v) is 9.69. The molecule has 0 saturated heterocycles. The molecule has 0 bridgehead atoms. The van der Waals surface area contributed by atoms with Crippen LogP contribution in [0.2, 0.25) is 0 Å². The Morgan fingerprint density at radius 2 is 2.04 bits per heavy atom. The highest BCUT2D eigenvalue weighted by molar-refractivity contribution is 9.10. The van der Waals surface area contributed by atoms with Crippen LogP contribution >= 0.6 is 15.9 Å². The maximum absolute atomic E-state index is 11.7. The molecule has 2 aromatic carbocycles. The van der Waals surface area contributed by atoms with Crippen LogP contribution in [0.3, 0.4) is 0 Å². The lowest BCUT2D eigenvalue weighted by atomic mass is 10.0. The van der Waals surface area contributed by atoms with E-state index in [9.17, 15) is 9.90 Å². The minimum atomic E-state index is -0.862. The molecule has 3 rings (SSSR count). The molecule has 0 spiro atoms. The van der Waals surface area contributed by atoms with Crippen molar-refractivity contribution in [3.63, 3.8) is 0 Å². The summed E-state index contributed by atoms with van der Waals surface area (Å²) in [5, 5.41) is 13.8. The SMILES string of the molecule is CC(C)Oc1ccc(CN[C@@H](Cc2c[nH]c3ccccc23)C(=O)O)cc1Br. The number of fused-ring (bicyclic) bond motifs is 1. The molecule has 0 aliphatic carbocycles. The van der Waals surface area contributed by atoms with Crippen LogP contribution < -0.4 is 10.1 Å². The Kier molecular flexibility index (Phi) is 6.19. The number of nitrogens with one attached hydrogen (secondary N) is 2. The van der Waals surface area contributed by atoms with Gasteiger partial charge in [0, 0.05) is 30.1 Å². The van der Waals surface area contributed by atoms with E-state index in [4.69, 9.17) is 4.74 Å². The molecule has 142 valence electrons. The Balaban J connectivity index is 1.68. The van der Waals surface area contributed by atoms with Crippen molar-refractivity contribution in [1.29, 1.82) is 0 Å². The first-order valence-electron chi connectivity index (χ1n) is 8.90. The second-order valence-corrected chi connectivity index (χ2v) is 7.62. The van der Waals surface area contributed by atoms with Gasteiger partial charge >= 0.3 is 5.97 Å². The zero-order valence-electron chi connectivity index (χ0n) is 15.3. The first kappa shape index (κ1) is 19.5. The van der Waals surface area contributed by atoms with Gasteiger partial charge in [-0.3, -0.25) is 4.79 Å². The molecule has 0 radical (unpaired) electrons. The van der Waals surface area contributed by atoms with Gasteiger partial charge in [-0.05, 0) is 59.1 Å². The Morgan fingerprint density at radius 1 is 1.26 bits per heavy atom. The molecule has 1 heterocycles. The number of carbonyl (C=O) groups is 1. The monoisotopic (exact) mass is 430 g/mol. The van der Waals surface area contributed by atoms with Crippen molar-refractivity contribution in [3.05, 3.63) is 64.3 Å². The maximum Gasteiger partial charge on any atom is 0.321 e. The quantitative estimate of drug-likeness (QED) is 0.491. The number of halogens is 1. The summed E-state index contributed by atoms with van der Waals surface area (Å²) in [5.74, 6) is -0.0820. The minimum Gasteiger partial charge on any atom is -0.490 e. The molecule has 1 aromatic heterocycles. The van der Waals surface area contributed by atoms with Crippen molar-refractivity contribution < 1.29 is 14.6 Å². The van der Waals surface area contributed by atoms with Crippen LogP contribution in [-0.4, -0.2) is 28.2 Å². The number of aromatic amines is 1. The summed E-state index contributed by atoms with van der Waals surface area (Å²) < 4.78 is 6.57. The highest BCUT2D eigenvalue weighted by Crippen LogP contribution is 2.27. The smallest absolute Gasteiger partial charge is 0.321 e. The second kappa shape index (κ2) is 8.59. The molecule has 6 heteroatoms. The van der Waals surface area contributed by atoms with E-state index in [-0.39, 0.29) is 6.10 Å². The number of aromatic nitrogens is 1. The predicted molar refractivity (Wildman–Crippen MR) is 110 cm³/mol. The van der Waals surface area contributed by atoms with Gasteiger partial charge in [0.25, 0.3) is 0 Å². The molecule has 27 heavy (non-hydrogen) atoms. The van der Waals surface area contributed by atoms with Crippen molar-refractivity contribution in [1.82, 2.24) is 10.3 Å². The summed E-state index contributed by atoms with van der Waals surface area (Å²) >= 11 is 3.51. The van der Waals surface area contributed by atoms with E-state index in [0.717, 1.165) is 32.3 Å². The van der Waals surface area contributed by atoms with Crippen molar-refractivity contribution in [2.45, 2.75) is 39.0 Å². The zero-order chi connectivity index (χ0) is 19.4. The first-order chi connectivity index (χ1) is 12.9. The summed E-state index contributed by atoms with van der Waals surface area (Å²) in [6, 6.07) is 13.0. The molecule has 0 fully saturated rings. The zero-order valence-corrected chi connectivity index (χ0v) is 16.9. The molecule has 0 aliphatic heterocycles. The number of H-pyrrole nitrogens is 1. The molecular weight excluding hydrogens is 408 g/mol. The van der Waals surface area contributed by atoms with Crippen LogP contribution in [0, 0.1) is 0 Å². The van der Waals surface area contributed by atoms with Gasteiger partial charge in [0.15, 0.2) is 0 Å². The van der Waals surface area contributed by atoms with Gasteiger partial charge in [0.1, 0.15) is 11.8 Å². The summed E-state index contributed by atoms with van der Waals surface area (Å²) in [4.78, 5) is 14.9. The number of benzene rings is 2. The third-order valence-electron chi connectivity index (χ3n) is 4.31. The van der Waals surface area contributed by atoms with E-state index in [1.807, 2.05) is 62.5 Å². The van der Waals surface area contributed by atoms with Gasteiger partial charge in [-0.2, -0.15) is 0 Å². The fourth-order valence-electron chi connectivity index (χ4n) is 3.01. The number of rotatable bonds is 8. The van der Waals surface area contributed by atoms with Gasteiger partial charge in [-0.25, -0.2) is 0 Å². The third-order valence-corrected chi connectivity index (χ3v) is 4.93. The number of aliphatic carboxylic acids is 1. The number of para-hydroxylation sites is 1. The van der Waals surface area contributed by atoms with Crippen LogP contribution in [-0.2, 0) is 17.8 Å². The summed E-state index contributed by atoms with van der Waals surface area (Å²) in [6.07, 6.45) is 2.39. The average molecular weight is 431 g/mol. The third kappa shape index (κ3) is 4.90. The lowest BCUT2D eigenvalue weighted by Gasteiger charge is -2.16. The number of hydrogen-bond acceptors (Lipinski definition) is 3. The molecule has 0 unspecified atom stereocenters. The highest BCUT2D eigenvalue weighted by Gasteiger charge is 2.19. The van der Waals surface area contributed by atoms with E-state index in [0.29, 0.717) is 13.0 Å². The highest BCUT2D eigenvalue weighted by atomic mass is 79.9. The Bertz CT molecular complexity index is 936. The lowest BCUT2D eigenvalue weighted by Crippen LogP contribution is -2.38. The van der Waals surface area contributed by atoms with Crippen molar-refractivity contribution >= 4 is 32.8 Å². The van der Waals surface area contributed by atoms with Crippen LogP contribution in [0.15, 0.2) is 53.1 Å². The summed E-state index contributed by atoms with van der Waals surface area (Å²) in [5.41, 5.74) is 3.00. The molecule has 1 atom stereocenters. The van der Waals surface area contributed by atoms with Gasteiger partial charge in [-0.15, -0.1) is 0 Å². The van der Waals surface area contributed by atoms with Crippen molar-refractivity contribution in [2.24, 2.45) is 0 Å². The fraction of sp³-hybridized carbons (Fsp3) is 0.286. The molecule has 0 aliphatic rings. The second-order valence-electron chi connectivity index (χ2n) is 6.77. The van der Waals surface area contributed by atoms with Crippen LogP contribution in [0.1, 0.15) is 25.0 Å².